The fourth-order valence-electron chi connectivity index (χ4n) is 1.08. The molecule has 0 spiro atoms. The third-order valence-corrected chi connectivity index (χ3v) is 2.03. The average molecular weight is 252 g/mol. The van der Waals surface area contributed by atoms with Crippen LogP contribution in [0.3, 0.4) is 0 Å². The topological polar surface area (TPSA) is 59.4 Å². The second-order valence-corrected chi connectivity index (χ2v) is 3.27. The van der Waals surface area contributed by atoms with Crippen molar-refractivity contribution in [1.29, 1.82) is 0 Å². The van der Waals surface area contributed by atoms with Crippen LogP contribution in [0.1, 0.15) is 17.7 Å². The Morgan fingerprint density at radius 1 is 1.69 bits per heavy atom. The molecule has 1 rings (SSSR count). The molecule has 1 heterocycles. The van der Waals surface area contributed by atoms with Gasteiger partial charge in [-0.05, 0) is 6.07 Å². The summed E-state index contributed by atoms with van der Waals surface area (Å²) in [7, 11) is 1.14. The molecule has 0 aliphatic heterocycles. The van der Waals surface area contributed by atoms with E-state index in [9.17, 15) is 18.7 Å². The van der Waals surface area contributed by atoms with E-state index in [2.05, 4.69) is 9.72 Å². The van der Waals surface area contributed by atoms with Crippen LogP contribution in [0.5, 0.6) is 5.75 Å². The number of carbonyl (C=O) groups is 1. The average Bonchev–Trinajstić information content (AvgIpc) is 2.22. The fraction of sp³-hybridized carbons (Fsp3) is 0.333. The molecule has 0 unspecified atom stereocenters. The third kappa shape index (κ3) is 2.79. The summed E-state index contributed by atoms with van der Waals surface area (Å²) < 4.78 is 29.2. The summed E-state index contributed by atoms with van der Waals surface area (Å²) in [5.74, 6) is -1.44. The Kier molecular flexibility index (Phi) is 4.00. The van der Waals surface area contributed by atoms with Gasteiger partial charge in [-0.25, -0.2) is 13.8 Å². The number of ether oxygens (including phenoxy) is 1. The SMILES string of the molecule is COC(=O)Cc1nc(Cl)cc(C(F)F)c1O. The lowest BCUT2D eigenvalue weighted by atomic mass is 10.1. The summed E-state index contributed by atoms with van der Waals surface area (Å²) in [6.45, 7) is 0. The van der Waals surface area contributed by atoms with Gasteiger partial charge in [0.15, 0.2) is 0 Å². The van der Waals surface area contributed by atoms with Gasteiger partial charge in [-0.15, -0.1) is 0 Å². The molecule has 0 atom stereocenters. The van der Waals surface area contributed by atoms with Crippen LogP contribution in [0.4, 0.5) is 8.78 Å². The fourth-order valence-corrected chi connectivity index (χ4v) is 1.30. The first-order chi connectivity index (χ1) is 7.45. The number of alkyl halides is 2. The lowest BCUT2D eigenvalue weighted by molar-refractivity contribution is -0.139. The van der Waals surface area contributed by atoms with E-state index in [-0.39, 0.29) is 10.8 Å². The van der Waals surface area contributed by atoms with E-state index in [0.29, 0.717) is 0 Å². The molecule has 0 saturated heterocycles. The number of hydrogen-bond donors (Lipinski definition) is 1. The highest BCUT2D eigenvalue weighted by Crippen LogP contribution is 2.32. The summed E-state index contributed by atoms with van der Waals surface area (Å²) in [4.78, 5) is 14.5. The highest BCUT2D eigenvalue weighted by atomic mass is 35.5. The zero-order chi connectivity index (χ0) is 12.3. The van der Waals surface area contributed by atoms with Crippen molar-refractivity contribution in [2.75, 3.05) is 7.11 Å². The number of carbonyl (C=O) groups excluding carboxylic acids is 1. The number of aromatic nitrogens is 1. The van der Waals surface area contributed by atoms with E-state index in [1.54, 1.807) is 0 Å². The Morgan fingerprint density at radius 3 is 2.81 bits per heavy atom. The van der Waals surface area contributed by atoms with E-state index in [4.69, 9.17) is 11.6 Å². The Labute approximate surface area is 94.8 Å². The molecule has 0 aliphatic rings. The molecule has 0 fully saturated rings. The minimum absolute atomic E-state index is 0.216. The Balaban J connectivity index is 3.14. The largest absolute Gasteiger partial charge is 0.506 e. The normalized spacial score (nSPS) is 10.6. The van der Waals surface area contributed by atoms with Crippen LogP contribution in [-0.2, 0) is 16.0 Å². The van der Waals surface area contributed by atoms with Crippen LogP contribution in [0.15, 0.2) is 6.07 Å². The quantitative estimate of drug-likeness (QED) is 0.660. The van der Waals surface area contributed by atoms with Gasteiger partial charge in [-0.2, -0.15) is 0 Å². The summed E-state index contributed by atoms with van der Waals surface area (Å²) >= 11 is 5.49. The van der Waals surface area contributed by atoms with Gasteiger partial charge in [0.1, 0.15) is 10.9 Å². The van der Waals surface area contributed by atoms with Crippen molar-refractivity contribution in [1.82, 2.24) is 4.98 Å². The zero-order valence-corrected chi connectivity index (χ0v) is 8.96. The van der Waals surface area contributed by atoms with Crippen molar-refractivity contribution < 1.29 is 23.4 Å². The maximum atomic E-state index is 12.4. The number of aromatic hydroxyl groups is 1. The number of pyridine rings is 1. The van der Waals surface area contributed by atoms with Gasteiger partial charge in [-0.3, -0.25) is 4.79 Å². The van der Waals surface area contributed by atoms with Crippen LogP contribution in [0.25, 0.3) is 0 Å². The van der Waals surface area contributed by atoms with E-state index >= 15 is 0 Å². The summed E-state index contributed by atoms with van der Waals surface area (Å²) in [5, 5.41) is 9.20. The molecule has 1 N–H and O–H groups in total. The second kappa shape index (κ2) is 5.07. The molecule has 1 aromatic heterocycles. The molecule has 0 amide bonds. The second-order valence-electron chi connectivity index (χ2n) is 2.88. The van der Waals surface area contributed by atoms with Gasteiger partial charge >= 0.3 is 5.97 Å². The zero-order valence-electron chi connectivity index (χ0n) is 8.21. The lowest BCUT2D eigenvalue weighted by Gasteiger charge is -2.08. The summed E-state index contributed by atoms with van der Waals surface area (Å²) in [5.41, 5.74) is -0.881. The maximum absolute atomic E-state index is 12.4. The van der Waals surface area contributed by atoms with Crippen molar-refractivity contribution in [2.45, 2.75) is 12.8 Å². The number of rotatable bonds is 3. The van der Waals surface area contributed by atoms with Crippen LogP contribution in [0, 0.1) is 0 Å². The molecule has 0 aromatic carbocycles. The first kappa shape index (κ1) is 12.6. The summed E-state index contributed by atoms with van der Waals surface area (Å²) in [6.07, 6.45) is -3.31. The van der Waals surface area contributed by atoms with Crippen LogP contribution in [0.2, 0.25) is 5.15 Å². The predicted octanol–water partition coefficient (Wildman–Crippen LogP) is 2.09. The monoisotopic (exact) mass is 251 g/mol. The van der Waals surface area contributed by atoms with E-state index < -0.39 is 30.1 Å². The van der Waals surface area contributed by atoms with Crippen molar-refractivity contribution in [3.8, 4) is 5.75 Å². The minimum atomic E-state index is -2.89. The van der Waals surface area contributed by atoms with Crippen molar-refractivity contribution >= 4 is 17.6 Å². The smallest absolute Gasteiger partial charge is 0.311 e. The molecule has 7 heteroatoms. The molecule has 4 nitrogen and oxygen atoms in total. The van der Waals surface area contributed by atoms with Crippen LogP contribution in [-0.4, -0.2) is 23.2 Å². The summed E-state index contributed by atoms with van der Waals surface area (Å²) in [6, 6.07) is 0.850. The molecule has 1 aromatic rings. The highest BCUT2D eigenvalue weighted by molar-refractivity contribution is 6.29. The van der Waals surface area contributed by atoms with Crippen molar-refractivity contribution in [3.05, 3.63) is 22.5 Å². The number of hydrogen-bond acceptors (Lipinski definition) is 4. The number of esters is 1. The first-order valence-corrected chi connectivity index (χ1v) is 4.56. The van der Waals surface area contributed by atoms with Gasteiger partial charge in [0.05, 0.1) is 24.8 Å². The van der Waals surface area contributed by atoms with E-state index in [0.717, 1.165) is 13.2 Å². The van der Waals surface area contributed by atoms with Gasteiger partial charge in [-0.1, -0.05) is 11.6 Å². The van der Waals surface area contributed by atoms with E-state index in [1.807, 2.05) is 0 Å². The molecular weight excluding hydrogens is 244 g/mol. The Bertz CT molecular complexity index is 412. The number of halogens is 3. The number of nitrogens with zero attached hydrogens (tertiary/aromatic N) is 1. The van der Waals surface area contributed by atoms with Gasteiger partial charge in [0.25, 0.3) is 6.43 Å². The third-order valence-electron chi connectivity index (χ3n) is 1.84. The molecule has 0 aliphatic carbocycles. The molecular formula is C9H8ClF2NO3. The molecule has 16 heavy (non-hydrogen) atoms. The van der Waals surface area contributed by atoms with Crippen LogP contribution >= 0.6 is 11.6 Å². The molecule has 0 radical (unpaired) electrons. The maximum Gasteiger partial charge on any atom is 0.311 e. The van der Waals surface area contributed by atoms with Crippen LogP contribution < -0.4 is 0 Å². The Morgan fingerprint density at radius 2 is 2.31 bits per heavy atom. The lowest BCUT2D eigenvalue weighted by Crippen LogP contribution is -2.07. The Hall–Kier alpha value is -1.43. The van der Waals surface area contributed by atoms with Gasteiger partial charge in [0, 0.05) is 0 Å². The first-order valence-electron chi connectivity index (χ1n) is 4.19. The van der Waals surface area contributed by atoms with Crippen molar-refractivity contribution in [2.24, 2.45) is 0 Å². The predicted molar refractivity (Wildman–Crippen MR) is 51.6 cm³/mol. The van der Waals surface area contributed by atoms with Gasteiger partial charge in [0.2, 0.25) is 0 Å². The molecule has 0 saturated carbocycles. The van der Waals surface area contributed by atoms with E-state index in [1.165, 1.54) is 0 Å². The standard InChI is InChI=1S/C9H8ClF2NO3/c1-16-7(14)3-5-8(15)4(9(11)12)2-6(10)13-5/h2,9,15H,3H2,1H3. The van der Waals surface area contributed by atoms with Gasteiger partial charge < -0.3 is 9.84 Å². The molecule has 0 bridgehead atoms. The minimum Gasteiger partial charge on any atom is -0.506 e. The number of methoxy groups -OCH3 is 1. The highest BCUT2D eigenvalue weighted by Gasteiger charge is 2.20. The van der Waals surface area contributed by atoms with Crippen molar-refractivity contribution in [3.63, 3.8) is 0 Å². The molecule has 88 valence electrons.